The number of benzene rings is 1. The van der Waals surface area contributed by atoms with Crippen molar-refractivity contribution in [3.05, 3.63) is 35.4 Å². The second-order valence-corrected chi connectivity index (χ2v) is 4.08. The molecular formula is C13H16O. The summed E-state index contributed by atoms with van der Waals surface area (Å²) in [4.78, 5) is 0. The highest BCUT2D eigenvalue weighted by molar-refractivity contribution is 5.71. The van der Waals surface area contributed by atoms with E-state index in [0.29, 0.717) is 5.75 Å². The molecule has 1 N–H and O–H groups in total. The molecule has 0 fully saturated rings. The smallest absolute Gasteiger partial charge is 0.123 e. The lowest BCUT2D eigenvalue weighted by Crippen LogP contribution is -2.05. The van der Waals surface area contributed by atoms with Crippen LogP contribution in [-0.2, 0) is 12.8 Å². The molecule has 0 aliphatic heterocycles. The molecule has 14 heavy (non-hydrogen) atoms. The van der Waals surface area contributed by atoms with Gasteiger partial charge in [-0.1, -0.05) is 12.6 Å². The highest BCUT2D eigenvalue weighted by Gasteiger charge is 2.16. The lowest BCUT2D eigenvalue weighted by Gasteiger charge is -2.20. The standard InChI is InChI=1S/C13H16O/c1-9(2)13-11-6-4-3-5-10(11)7-8-12(13)14/h7-8,14H,1,3-6H2,2H3. The van der Waals surface area contributed by atoms with Gasteiger partial charge in [0.25, 0.3) is 0 Å². The Balaban J connectivity index is 2.60. The van der Waals surface area contributed by atoms with E-state index in [2.05, 4.69) is 12.6 Å². The van der Waals surface area contributed by atoms with Gasteiger partial charge in [-0.3, -0.25) is 0 Å². The van der Waals surface area contributed by atoms with Crippen molar-refractivity contribution in [1.29, 1.82) is 0 Å². The predicted molar refractivity (Wildman–Crippen MR) is 59.5 cm³/mol. The quantitative estimate of drug-likeness (QED) is 0.717. The highest BCUT2D eigenvalue weighted by atomic mass is 16.3. The van der Waals surface area contributed by atoms with E-state index in [0.717, 1.165) is 24.0 Å². The average molecular weight is 188 g/mol. The Morgan fingerprint density at radius 1 is 1.29 bits per heavy atom. The average Bonchev–Trinajstić information content (AvgIpc) is 2.17. The molecule has 0 heterocycles. The zero-order chi connectivity index (χ0) is 10.1. The van der Waals surface area contributed by atoms with E-state index in [-0.39, 0.29) is 0 Å². The van der Waals surface area contributed by atoms with Crippen molar-refractivity contribution in [1.82, 2.24) is 0 Å². The van der Waals surface area contributed by atoms with Crippen LogP contribution in [0.25, 0.3) is 5.57 Å². The van der Waals surface area contributed by atoms with Gasteiger partial charge in [0.1, 0.15) is 5.75 Å². The molecule has 0 aromatic heterocycles. The summed E-state index contributed by atoms with van der Waals surface area (Å²) in [6, 6.07) is 3.85. The third-order valence-corrected chi connectivity index (χ3v) is 2.94. The molecule has 0 radical (unpaired) electrons. The maximum absolute atomic E-state index is 9.78. The van der Waals surface area contributed by atoms with Gasteiger partial charge in [-0.15, -0.1) is 0 Å². The first-order valence-electron chi connectivity index (χ1n) is 5.19. The van der Waals surface area contributed by atoms with E-state index in [1.54, 1.807) is 6.07 Å². The van der Waals surface area contributed by atoms with Gasteiger partial charge in [0.05, 0.1) is 0 Å². The van der Waals surface area contributed by atoms with Crippen LogP contribution in [0.4, 0.5) is 0 Å². The molecule has 74 valence electrons. The van der Waals surface area contributed by atoms with Gasteiger partial charge in [-0.2, -0.15) is 0 Å². The molecule has 1 aromatic rings. The number of aryl methyl sites for hydroxylation is 1. The van der Waals surface area contributed by atoms with Crippen LogP contribution in [0.2, 0.25) is 0 Å². The zero-order valence-corrected chi connectivity index (χ0v) is 8.64. The molecule has 1 aliphatic rings. The third-order valence-electron chi connectivity index (χ3n) is 2.94. The van der Waals surface area contributed by atoms with E-state index >= 15 is 0 Å². The Bertz CT molecular complexity index is 377. The second-order valence-electron chi connectivity index (χ2n) is 4.08. The lowest BCUT2D eigenvalue weighted by atomic mass is 9.86. The lowest BCUT2D eigenvalue weighted by molar-refractivity contribution is 0.471. The van der Waals surface area contributed by atoms with Crippen LogP contribution < -0.4 is 0 Å². The molecule has 1 aliphatic carbocycles. The number of phenols is 1. The summed E-state index contributed by atoms with van der Waals surface area (Å²) >= 11 is 0. The largest absolute Gasteiger partial charge is 0.507 e. The van der Waals surface area contributed by atoms with Gasteiger partial charge in [0.2, 0.25) is 0 Å². The van der Waals surface area contributed by atoms with Crippen molar-refractivity contribution in [2.75, 3.05) is 0 Å². The number of fused-ring (bicyclic) bond motifs is 1. The summed E-state index contributed by atoms with van der Waals surface area (Å²) in [5.74, 6) is 0.387. The summed E-state index contributed by atoms with van der Waals surface area (Å²) in [5, 5.41) is 9.78. The van der Waals surface area contributed by atoms with Crippen molar-refractivity contribution in [2.24, 2.45) is 0 Å². The van der Waals surface area contributed by atoms with Gasteiger partial charge in [-0.25, -0.2) is 0 Å². The summed E-state index contributed by atoms with van der Waals surface area (Å²) < 4.78 is 0. The normalized spacial score (nSPS) is 14.9. The fraction of sp³-hybridized carbons (Fsp3) is 0.385. The first-order chi connectivity index (χ1) is 6.70. The Kier molecular flexibility index (Phi) is 2.32. The van der Waals surface area contributed by atoms with E-state index in [1.807, 2.05) is 6.92 Å². The monoisotopic (exact) mass is 188 g/mol. The number of hydrogen-bond acceptors (Lipinski definition) is 1. The fourth-order valence-corrected chi connectivity index (χ4v) is 2.29. The molecule has 0 spiro atoms. The minimum Gasteiger partial charge on any atom is -0.507 e. The molecule has 0 bridgehead atoms. The van der Waals surface area contributed by atoms with Crippen LogP contribution in [-0.4, -0.2) is 5.11 Å². The molecule has 0 saturated heterocycles. The molecule has 1 heteroatoms. The van der Waals surface area contributed by atoms with Crippen LogP contribution in [0.1, 0.15) is 36.5 Å². The summed E-state index contributed by atoms with van der Waals surface area (Å²) in [5.41, 5.74) is 4.68. The summed E-state index contributed by atoms with van der Waals surface area (Å²) in [6.07, 6.45) is 4.74. The highest BCUT2D eigenvalue weighted by Crippen LogP contribution is 2.34. The topological polar surface area (TPSA) is 20.2 Å². The Hall–Kier alpha value is -1.24. The maximum atomic E-state index is 9.78. The van der Waals surface area contributed by atoms with Crippen molar-refractivity contribution >= 4 is 5.57 Å². The Morgan fingerprint density at radius 2 is 2.00 bits per heavy atom. The van der Waals surface area contributed by atoms with Gasteiger partial charge in [-0.05, 0) is 55.4 Å². The molecule has 0 unspecified atom stereocenters. The molecule has 0 saturated carbocycles. The molecule has 1 nitrogen and oxygen atoms in total. The Morgan fingerprint density at radius 3 is 2.71 bits per heavy atom. The van der Waals surface area contributed by atoms with Gasteiger partial charge in [0.15, 0.2) is 0 Å². The number of hydrogen-bond donors (Lipinski definition) is 1. The number of allylic oxidation sites excluding steroid dienone is 1. The van der Waals surface area contributed by atoms with Crippen LogP contribution in [0.3, 0.4) is 0 Å². The molecule has 0 atom stereocenters. The number of rotatable bonds is 1. The van der Waals surface area contributed by atoms with Gasteiger partial charge >= 0.3 is 0 Å². The van der Waals surface area contributed by atoms with E-state index < -0.39 is 0 Å². The molecule has 0 amide bonds. The third kappa shape index (κ3) is 1.43. The predicted octanol–water partition coefficient (Wildman–Crippen LogP) is 3.30. The van der Waals surface area contributed by atoms with Crippen LogP contribution in [0.15, 0.2) is 18.7 Å². The fourth-order valence-electron chi connectivity index (χ4n) is 2.29. The van der Waals surface area contributed by atoms with E-state index in [1.165, 1.54) is 24.0 Å². The van der Waals surface area contributed by atoms with E-state index in [4.69, 9.17) is 0 Å². The van der Waals surface area contributed by atoms with Crippen LogP contribution in [0.5, 0.6) is 5.75 Å². The number of aromatic hydroxyl groups is 1. The second kappa shape index (κ2) is 3.49. The Labute approximate surface area is 85.1 Å². The van der Waals surface area contributed by atoms with Crippen molar-refractivity contribution in [3.8, 4) is 5.75 Å². The molecule has 2 rings (SSSR count). The number of phenolic OH excluding ortho intramolecular Hbond substituents is 1. The first-order valence-corrected chi connectivity index (χ1v) is 5.19. The molecular weight excluding hydrogens is 172 g/mol. The van der Waals surface area contributed by atoms with Gasteiger partial charge < -0.3 is 5.11 Å². The van der Waals surface area contributed by atoms with Crippen molar-refractivity contribution in [2.45, 2.75) is 32.6 Å². The molecule has 1 aromatic carbocycles. The summed E-state index contributed by atoms with van der Waals surface area (Å²) in [7, 11) is 0. The summed E-state index contributed by atoms with van der Waals surface area (Å²) in [6.45, 7) is 5.90. The van der Waals surface area contributed by atoms with Crippen LogP contribution in [0, 0.1) is 0 Å². The van der Waals surface area contributed by atoms with E-state index in [9.17, 15) is 5.11 Å². The minimum atomic E-state index is 0.387. The minimum absolute atomic E-state index is 0.387. The SMILES string of the molecule is C=C(C)c1c(O)ccc2c1CCCC2. The van der Waals surface area contributed by atoms with Crippen LogP contribution >= 0.6 is 0 Å². The van der Waals surface area contributed by atoms with Gasteiger partial charge in [0, 0.05) is 5.56 Å². The zero-order valence-electron chi connectivity index (χ0n) is 8.64. The van der Waals surface area contributed by atoms with Crippen molar-refractivity contribution in [3.63, 3.8) is 0 Å². The first kappa shape index (κ1) is 9.32. The van der Waals surface area contributed by atoms with Crippen molar-refractivity contribution < 1.29 is 5.11 Å². The maximum Gasteiger partial charge on any atom is 0.123 e.